The molecule has 0 radical (unpaired) electrons. The minimum Gasteiger partial charge on any atom is -0.461 e. The predicted molar refractivity (Wildman–Crippen MR) is 84.0 cm³/mol. The van der Waals surface area contributed by atoms with E-state index in [1.807, 2.05) is 13.8 Å². The number of esters is 1. The summed E-state index contributed by atoms with van der Waals surface area (Å²) in [6, 6.07) is 8.58. The Balaban J connectivity index is 1.95. The summed E-state index contributed by atoms with van der Waals surface area (Å²) < 4.78 is 5.08. The molecule has 0 N–H and O–H groups in total. The molecule has 3 rings (SSSR count). The molecular weight excluding hydrogens is 282 g/mol. The van der Waals surface area contributed by atoms with Gasteiger partial charge >= 0.3 is 5.97 Å². The van der Waals surface area contributed by atoms with Crippen molar-refractivity contribution in [3.63, 3.8) is 0 Å². The molecule has 4 heteroatoms. The van der Waals surface area contributed by atoms with Crippen molar-refractivity contribution in [2.75, 3.05) is 6.61 Å². The highest BCUT2D eigenvalue weighted by atomic mass is 32.1. The zero-order valence-electron chi connectivity index (χ0n) is 12.4. The van der Waals surface area contributed by atoms with Crippen molar-refractivity contribution in [1.82, 2.24) is 4.98 Å². The molecule has 0 aliphatic heterocycles. The second-order valence-corrected chi connectivity index (χ2v) is 6.56. The maximum atomic E-state index is 11.9. The molecule has 1 aromatic heterocycles. The largest absolute Gasteiger partial charge is 0.461 e. The number of fused-ring (bicyclic) bond motifs is 1. The molecule has 1 unspecified atom stereocenters. The highest BCUT2D eigenvalue weighted by Gasteiger charge is 2.26. The second kappa shape index (κ2) is 5.98. The minimum absolute atomic E-state index is 0.304. The summed E-state index contributed by atoms with van der Waals surface area (Å²) >= 11 is 1.63. The Morgan fingerprint density at radius 2 is 2.24 bits per heavy atom. The molecule has 0 saturated heterocycles. The highest BCUT2D eigenvalue weighted by molar-refractivity contribution is 7.12. The van der Waals surface area contributed by atoms with E-state index in [1.165, 1.54) is 17.5 Å². The molecule has 0 fully saturated rings. The van der Waals surface area contributed by atoms with Crippen LogP contribution in [-0.4, -0.2) is 17.6 Å². The van der Waals surface area contributed by atoms with Crippen molar-refractivity contribution in [3.8, 4) is 0 Å². The van der Waals surface area contributed by atoms with Crippen molar-refractivity contribution in [3.05, 3.63) is 51.0 Å². The van der Waals surface area contributed by atoms with Gasteiger partial charge in [-0.2, -0.15) is 0 Å². The van der Waals surface area contributed by atoms with Crippen LogP contribution >= 0.6 is 11.3 Å². The van der Waals surface area contributed by atoms with Crippen LogP contribution in [0.25, 0.3) is 0 Å². The molecule has 1 aromatic carbocycles. The molecule has 1 atom stereocenters. The van der Waals surface area contributed by atoms with E-state index in [0.717, 1.165) is 22.7 Å². The summed E-state index contributed by atoms with van der Waals surface area (Å²) in [5.41, 5.74) is 3.27. The number of rotatable bonds is 3. The Morgan fingerprint density at radius 1 is 1.43 bits per heavy atom. The fraction of sp³-hybridized carbons (Fsp3) is 0.412. The first-order chi connectivity index (χ1) is 10.2. The third-order valence-electron chi connectivity index (χ3n) is 3.95. The van der Waals surface area contributed by atoms with E-state index < -0.39 is 0 Å². The average Bonchev–Trinajstić information content (AvgIpc) is 2.89. The van der Waals surface area contributed by atoms with Gasteiger partial charge in [0.15, 0.2) is 5.69 Å². The molecule has 1 aliphatic rings. The van der Waals surface area contributed by atoms with Gasteiger partial charge in [0.25, 0.3) is 0 Å². The van der Waals surface area contributed by atoms with Gasteiger partial charge in [-0.25, -0.2) is 9.78 Å². The van der Waals surface area contributed by atoms with Gasteiger partial charge in [-0.05, 0) is 44.2 Å². The molecule has 2 aromatic rings. The Morgan fingerprint density at radius 3 is 3.05 bits per heavy atom. The van der Waals surface area contributed by atoms with Crippen LogP contribution in [-0.2, 0) is 11.2 Å². The van der Waals surface area contributed by atoms with Crippen LogP contribution in [0.3, 0.4) is 0 Å². The fourth-order valence-corrected chi connectivity index (χ4v) is 4.03. The first kappa shape index (κ1) is 14.3. The average molecular weight is 301 g/mol. The summed E-state index contributed by atoms with van der Waals surface area (Å²) in [5.74, 6) is 0.0171. The van der Waals surface area contributed by atoms with E-state index in [0.29, 0.717) is 18.2 Å². The van der Waals surface area contributed by atoms with E-state index in [-0.39, 0.29) is 5.97 Å². The molecule has 3 nitrogen and oxygen atoms in total. The van der Waals surface area contributed by atoms with Gasteiger partial charge in [0, 0.05) is 10.8 Å². The summed E-state index contributed by atoms with van der Waals surface area (Å²) in [6.45, 7) is 4.15. The Hall–Kier alpha value is -1.68. The standard InChI is InChI=1S/C17H19NO2S/c1-3-20-17(19)15-11(2)21-16(18-15)14-10-6-8-12-7-4-5-9-13(12)14/h4-5,7,9,14H,3,6,8,10H2,1-2H3. The van der Waals surface area contributed by atoms with Gasteiger partial charge in [-0.1, -0.05) is 24.3 Å². The van der Waals surface area contributed by atoms with Crippen LogP contribution in [0.15, 0.2) is 24.3 Å². The summed E-state index contributed by atoms with van der Waals surface area (Å²) in [6.07, 6.45) is 3.42. The van der Waals surface area contributed by atoms with Crippen LogP contribution in [0.1, 0.15) is 57.2 Å². The lowest BCUT2D eigenvalue weighted by Gasteiger charge is -2.23. The van der Waals surface area contributed by atoms with E-state index >= 15 is 0 Å². The first-order valence-electron chi connectivity index (χ1n) is 7.43. The van der Waals surface area contributed by atoms with Gasteiger partial charge in [-0.15, -0.1) is 11.3 Å². The Labute approximate surface area is 129 Å². The molecule has 0 saturated carbocycles. The molecule has 1 heterocycles. The van der Waals surface area contributed by atoms with Crippen LogP contribution < -0.4 is 0 Å². The molecule has 0 spiro atoms. The normalized spacial score (nSPS) is 17.3. The lowest BCUT2D eigenvalue weighted by Crippen LogP contribution is -2.11. The lowest BCUT2D eigenvalue weighted by atomic mass is 9.83. The van der Waals surface area contributed by atoms with E-state index in [2.05, 4.69) is 29.2 Å². The highest BCUT2D eigenvalue weighted by Crippen LogP contribution is 2.38. The third kappa shape index (κ3) is 2.72. The van der Waals surface area contributed by atoms with Crippen molar-refractivity contribution in [2.45, 2.75) is 39.0 Å². The molecule has 0 amide bonds. The van der Waals surface area contributed by atoms with E-state index in [9.17, 15) is 4.79 Å². The maximum Gasteiger partial charge on any atom is 0.358 e. The van der Waals surface area contributed by atoms with Crippen LogP contribution in [0.4, 0.5) is 0 Å². The maximum absolute atomic E-state index is 11.9. The van der Waals surface area contributed by atoms with Crippen molar-refractivity contribution in [1.29, 1.82) is 0 Å². The topological polar surface area (TPSA) is 39.2 Å². The van der Waals surface area contributed by atoms with Gasteiger partial charge in [0.1, 0.15) is 5.01 Å². The number of carbonyl (C=O) groups excluding carboxylic acids is 1. The predicted octanol–water partition coefficient (Wildman–Crippen LogP) is 4.10. The Bertz CT molecular complexity index is 663. The van der Waals surface area contributed by atoms with Gasteiger partial charge in [-0.3, -0.25) is 0 Å². The van der Waals surface area contributed by atoms with Crippen LogP contribution in [0.2, 0.25) is 0 Å². The number of aryl methyl sites for hydroxylation is 2. The first-order valence-corrected chi connectivity index (χ1v) is 8.24. The lowest BCUT2D eigenvalue weighted by molar-refractivity contribution is 0.0519. The van der Waals surface area contributed by atoms with Crippen molar-refractivity contribution >= 4 is 17.3 Å². The second-order valence-electron chi connectivity index (χ2n) is 5.32. The molecule has 110 valence electrons. The molecular formula is C17H19NO2S. The van der Waals surface area contributed by atoms with Gasteiger partial charge < -0.3 is 4.74 Å². The van der Waals surface area contributed by atoms with E-state index in [4.69, 9.17) is 4.74 Å². The zero-order valence-corrected chi connectivity index (χ0v) is 13.2. The minimum atomic E-state index is -0.304. The molecule has 21 heavy (non-hydrogen) atoms. The molecule has 1 aliphatic carbocycles. The van der Waals surface area contributed by atoms with Crippen LogP contribution in [0.5, 0.6) is 0 Å². The third-order valence-corrected chi connectivity index (χ3v) is 5.03. The van der Waals surface area contributed by atoms with Crippen LogP contribution in [0, 0.1) is 6.92 Å². The fourth-order valence-electron chi connectivity index (χ4n) is 2.97. The number of aromatic nitrogens is 1. The number of carbonyl (C=O) groups is 1. The number of hydrogen-bond donors (Lipinski definition) is 0. The SMILES string of the molecule is CCOC(=O)c1nc(C2CCCc3ccccc32)sc1C. The van der Waals surface area contributed by atoms with Gasteiger partial charge in [0.2, 0.25) is 0 Å². The smallest absolute Gasteiger partial charge is 0.358 e. The zero-order chi connectivity index (χ0) is 14.8. The monoisotopic (exact) mass is 301 g/mol. The van der Waals surface area contributed by atoms with Crippen molar-refractivity contribution < 1.29 is 9.53 Å². The number of benzene rings is 1. The van der Waals surface area contributed by atoms with Gasteiger partial charge in [0.05, 0.1) is 6.61 Å². The quantitative estimate of drug-likeness (QED) is 0.801. The summed E-state index contributed by atoms with van der Waals surface area (Å²) in [7, 11) is 0. The number of ether oxygens (including phenoxy) is 1. The number of thiazole rings is 1. The Kier molecular flexibility index (Phi) is 4.06. The molecule has 0 bridgehead atoms. The summed E-state index contributed by atoms with van der Waals surface area (Å²) in [5, 5.41) is 1.04. The number of hydrogen-bond acceptors (Lipinski definition) is 4. The van der Waals surface area contributed by atoms with E-state index in [1.54, 1.807) is 11.3 Å². The van der Waals surface area contributed by atoms with Crippen molar-refractivity contribution in [2.24, 2.45) is 0 Å². The number of nitrogens with zero attached hydrogens (tertiary/aromatic N) is 1. The summed E-state index contributed by atoms with van der Waals surface area (Å²) in [4.78, 5) is 17.5.